The molecule has 7 nitrogen and oxygen atoms in total. The fourth-order valence-corrected chi connectivity index (χ4v) is 3.00. The largest absolute Gasteiger partial charge is 0.480 e. The Morgan fingerprint density at radius 2 is 2.11 bits per heavy atom. The molecule has 1 aromatic rings. The second-order valence-electron chi connectivity index (χ2n) is 6.55. The molecular weight excluding hydrogens is 348 g/mol. The summed E-state index contributed by atoms with van der Waals surface area (Å²) >= 11 is 0. The number of carboxylic acids is 1. The molecule has 1 saturated heterocycles. The van der Waals surface area contributed by atoms with Gasteiger partial charge in [-0.05, 0) is 24.1 Å². The van der Waals surface area contributed by atoms with E-state index in [1.54, 1.807) is 4.90 Å². The fourth-order valence-electron chi connectivity index (χ4n) is 3.00. The maximum Gasteiger partial charge on any atom is 0.328 e. The Kier molecular flexibility index (Phi) is 7.55. The quantitative estimate of drug-likeness (QED) is 0.481. The van der Waals surface area contributed by atoms with Crippen LogP contribution in [0, 0.1) is 5.92 Å². The van der Waals surface area contributed by atoms with Gasteiger partial charge in [-0.2, -0.15) is 0 Å². The summed E-state index contributed by atoms with van der Waals surface area (Å²) < 4.78 is 5.12. The molecule has 1 aliphatic rings. The van der Waals surface area contributed by atoms with Crippen molar-refractivity contribution in [2.75, 3.05) is 24.7 Å². The number of nitrogens with zero attached hydrogens (tertiary/aromatic N) is 1. The molecule has 2 N–H and O–H groups in total. The van der Waals surface area contributed by atoms with Crippen molar-refractivity contribution < 1.29 is 24.2 Å². The molecule has 0 saturated carbocycles. The summed E-state index contributed by atoms with van der Waals surface area (Å²) in [7, 11) is 0. The Morgan fingerprint density at radius 3 is 2.70 bits per heavy atom. The summed E-state index contributed by atoms with van der Waals surface area (Å²) in [6, 6.07) is 6.57. The van der Waals surface area contributed by atoms with Crippen LogP contribution in [-0.2, 0) is 25.5 Å². The van der Waals surface area contributed by atoms with Crippen LogP contribution in [0.1, 0.15) is 25.3 Å². The predicted octanol–water partition coefficient (Wildman–Crippen LogP) is 1.76. The van der Waals surface area contributed by atoms with Crippen molar-refractivity contribution in [3.8, 4) is 0 Å². The number of amides is 2. The van der Waals surface area contributed by atoms with Crippen LogP contribution < -0.4 is 10.2 Å². The van der Waals surface area contributed by atoms with Crippen LogP contribution in [0.2, 0.25) is 0 Å². The van der Waals surface area contributed by atoms with E-state index in [2.05, 4.69) is 18.8 Å². The maximum atomic E-state index is 12.4. The van der Waals surface area contributed by atoms with E-state index in [0.29, 0.717) is 0 Å². The van der Waals surface area contributed by atoms with E-state index >= 15 is 0 Å². The average molecular weight is 374 g/mol. The molecule has 2 atom stereocenters. The Balaban J connectivity index is 1.97. The summed E-state index contributed by atoms with van der Waals surface area (Å²) in [5.74, 6) is -2.37. The van der Waals surface area contributed by atoms with Gasteiger partial charge in [0.05, 0.1) is 19.1 Å². The first-order valence-electron chi connectivity index (χ1n) is 9.07. The van der Waals surface area contributed by atoms with Gasteiger partial charge in [0, 0.05) is 18.7 Å². The summed E-state index contributed by atoms with van der Waals surface area (Å²) in [5.41, 5.74) is 1.95. The highest BCUT2D eigenvalue weighted by Crippen LogP contribution is 2.26. The van der Waals surface area contributed by atoms with Crippen LogP contribution in [0.5, 0.6) is 0 Å². The summed E-state index contributed by atoms with van der Waals surface area (Å²) in [6.45, 7) is 5.86. The lowest BCUT2D eigenvalue weighted by molar-refractivity contribution is -0.144. The van der Waals surface area contributed by atoms with Crippen molar-refractivity contribution in [2.45, 2.75) is 32.2 Å². The number of rotatable bonds is 10. The van der Waals surface area contributed by atoms with Crippen LogP contribution >= 0.6 is 0 Å². The zero-order valence-electron chi connectivity index (χ0n) is 15.5. The summed E-state index contributed by atoms with van der Waals surface area (Å²) in [4.78, 5) is 37.6. The lowest BCUT2D eigenvalue weighted by Gasteiger charge is -2.19. The molecule has 2 rings (SSSR count). The minimum absolute atomic E-state index is 0.0579. The number of hydrogen-bond acceptors (Lipinski definition) is 4. The first kappa shape index (κ1) is 20.6. The molecule has 0 radical (unpaired) electrons. The lowest BCUT2D eigenvalue weighted by atomic mass is 10.1. The number of aliphatic carboxylic acids is 1. The third kappa shape index (κ3) is 5.65. The highest BCUT2D eigenvalue weighted by atomic mass is 16.5. The molecular formula is C20H26N2O5. The number of carbonyl (C=O) groups is 3. The lowest BCUT2D eigenvalue weighted by Crippen LogP contribution is -2.46. The highest BCUT2D eigenvalue weighted by Gasteiger charge is 2.36. The zero-order chi connectivity index (χ0) is 19.8. The van der Waals surface area contributed by atoms with Crippen molar-refractivity contribution >= 4 is 23.5 Å². The molecule has 0 aromatic heterocycles. The minimum atomic E-state index is -1.18. The zero-order valence-corrected chi connectivity index (χ0v) is 15.5. The van der Waals surface area contributed by atoms with Gasteiger partial charge in [-0.15, -0.1) is 6.58 Å². The van der Waals surface area contributed by atoms with Gasteiger partial charge in [0.2, 0.25) is 11.8 Å². The summed E-state index contributed by atoms with van der Waals surface area (Å²) in [5, 5.41) is 11.7. The molecule has 0 bridgehead atoms. The monoisotopic (exact) mass is 374 g/mol. The van der Waals surface area contributed by atoms with Gasteiger partial charge in [0.1, 0.15) is 0 Å². The van der Waals surface area contributed by atoms with Crippen molar-refractivity contribution in [1.82, 2.24) is 5.32 Å². The first-order chi connectivity index (χ1) is 13.0. The SMILES string of the molecule is C=CCOCC(NC(=O)C1CC(=O)N(c2ccc(CCC)cc2)C1)C(=O)O. The van der Waals surface area contributed by atoms with E-state index in [4.69, 9.17) is 4.74 Å². The molecule has 2 unspecified atom stereocenters. The minimum Gasteiger partial charge on any atom is -0.480 e. The van der Waals surface area contributed by atoms with Crippen molar-refractivity contribution in [3.63, 3.8) is 0 Å². The number of nitrogens with one attached hydrogen (secondary N) is 1. The molecule has 2 amide bonds. The van der Waals surface area contributed by atoms with Gasteiger partial charge in [-0.3, -0.25) is 9.59 Å². The smallest absolute Gasteiger partial charge is 0.328 e. The normalized spacial score (nSPS) is 17.6. The molecule has 27 heavy (non-hydrogen) atoms. The van der Waals surface area contributed by atoms with Crippen LogP contribution in [0.3, 0.4) is 0 Å². The molecule has 1 aliphatic heterocycles. The van der Waals surface area contributed by atoms with Gasteiger partial charge in [0.15, 0.2) is 6.04 Å². The standard InChI is InChI=1S/C20H26N2O5/c1-3-5-14-6-8-16(9-7-14)22-12-15(11-18(22)23)19(24)21-17(20(25)26)13-27-10-4-2/h4,6-9,15,17H,2-3,5,10-13H2,1H3,(H,21,24)(H,25,26). The molecule has 1 aromatic carbocycles. The number of hydrogen-bond donors (Lipinski definition) is 2. The molecule has 7 heteroatoms. The topological polar surface area (TPSA) is 95.9 Å². The number of benzene rings is 1. The summed E-state index contributed by atoms with van der Waals surface area (Å²) in [6.07, 6.45) is 3.58. The van der Waals surface area contributed by atoms with E-state index in [0.717, 1.165) is 18.5 Å². The van der Waals surface area contributed by atoms with Gasteiger partial charge in [-0.1, -0.05) is 31.6 Å². The third-order valence-electron chi connectivity index (χ3n) is 4.42. The van der Waals surface area contributed by atoms with E-state index in [1.807, 2.05) is 24.3 Å². The van der Waals surface area contributed by atoms with E-state index in [9.17, 15) is 19.5 Å². The molecule has 0 aliphatic carbocycles. The van der Waals surface area contributed by atoms with Crippen LogP contribution in [0.15, 0.2) is 36.9 Å². The van der Waals surface area contributed by atoms with Crippen LogP contribution in [-0.4, -0.2) is 48.7 Å². The number of carbonyl (C=O) groups excluding carboxylic acids is 2. The number of aryl methyl sites for hydroxylation is 1. The van der Waals surface area contributed by atoms with Gasteiger partial charge in [-0.25, -0.2) is 4.79 Å². The van der Waals surface area contributed by atoms with Crippen LogP contribution in [0.25, 0.3) is 0 Å². The Morgan fingerprint density at radius 1 is 1.41 bits per heavy atom. The molecule has 1 heterocycles. The molecule has 1 fully saturated rings. The van der Waals surface area contributed by atoms with Crippen molar-refractivity contribution in [3.05, 3.63) is 42.5 Å². The Bertz CT molecular complexity index is 686. The number of ether oxygens (including phenoxy) is 1. The van der Waals surface area contributed by atoms with Gasteiger partial charge >= 0.3 is 5.97 Å². The number of carboxylic acid groups (broad SMARTS) is 1. The second-order valence-corrected chi connectivity index (χ2v) is 6.55. The number of anilines is 1. The molecule has 0 spiro atoms. The van der Waals surface area contributed by atoms with E-state index in [-0.39, 0.29) is 32.1 Å². The van der Waals surface area contributed by atoms with E-state index < -0.39 is 23.8 Å². The fraction of sp³-hybridized carbons (Fsp3) is 0.450. The Hall–Kier alpha value is -2.67. The molecule has 146 valence electrons. The van der Waals surface area contributed by atoms with Crippen molar-refractivity contribution in [2.24, 2.45) is 5.92 Å². The Labute approximate surface area is 159 Å². The van der Waals surface area contributed by atoms with Crippen LogP contribution in [0.4, 0.5) is 5.69 Å². The van der Waals surface area contributed by atoms with Crippen molar-refractivity contribution in [1.29, 1.82) is 0 Å². The van der Waals surface area contributed by atoms with E-state index in [1.165, 1.54) is 11.6 Å². The van der Waals surface area contributed by atoms with Gasteiger partial charge in [0.25, 0.3) is 0 Å². The first-order valence-corrected chi connectivity index (χ1v) is 9.07. The second kappa shape index (κ2) is 9.87. The predicted molar refractivity (Wildman–Crippen MR) is 101 cm³/mol. The average Bonchev–Trinajstić information content (AvgIpc) is 3.03. The maximum absolute atomic E-state index is 12.4. The highest BCUT2D eigenvalue weighted by molar-refractivity contribution is 6.00. The third-order valence-corrected chi connectivity index (χ3v) is 4.42. The van der Waals surface area contributed by atoms with Gasteiger partial charge < -0.3 is 20.1 Å².